The number of nitrogens with one attached hydrogen (secondary N) is 1. The molecule has 1 aliphatic heterocycles. The quantitative estimate of drug-likeness (QED) is 0.621. The number of benzene rings is 1. The largest absolute Gasteiger partial charge is 0.462 e. The molecule has 2 heterocycles. The van der Waals surface area contributed by atoms with Gasteiger partial charge in [0.1, 0.15) is 5.00 Å². The van der Waals surface area contributed by atoms with Crippen molar-refractivity contribution in [2.45, 2.75) is 38.0 Å². The number of sulfonamides is 1. The Balaban J connectivity index is 1.55. The molecule has 1 aromatic heterocycles. The van der Waals surface area contributed by atoms with Gasteiger partial charge in [0.25, 0.3) is 5.91 Å². The monoisotopic (exact) mass is 492 g/mol. The van der Waals surface area contributed by atoms with Crippen molar-refractivity contribution < 1.29 is 27.5 Å². The number of anilines is 1. The average molecular weight is 493 g/mol. The van der Waals surface area contributed by atoms with Crippen LogP contribution in [-0.2, 0) is 32.3 Å². The summed E-state index contributed by atoms with van der Waals surface area (Å²) in [6, 6.07) is 5.85. The Morgan fingerprint density at radius 1 is 1.21 bits per heavy atom. The molecule has 1 atom stereocenters. The number of ether oxygens (including phenoxy) is 2. The molecule has 10 heteroatoms. The van der Waals surface area contributed by atoms with Gasteiger partial charge in [-0.2, -0.15) is 4.31 Å². The molecule has 1 N–H and O–H groups in total. The van der Waals surface area contributed by atoms with E-state index in [-0.39, 0.29) is 11.5 Å². The number of morpholine rings is 1. The fourth-order valence-corrected chi connectivity index (χ4v) is 6.95. The highest BCUT2D eigenvalue weighted by Crippen LogP contribution is 2.40. The number of carbonyl (C=O) groups is 2. The van der Waals surface area contributed by atoms with Crippen molar-refractivity contribution in [3.63, 3.8) is 0 Å². The standard InChI is InChI=1S/C23H28N2O6S2/c1-3-31-23(27)20-18-9-4-15(2)14-19(18)32-22(20)24-21(26)16-5-7-17(8-6-16)33(28,29)25-10-12-30-13-11-25/h5-8,15H,3-4,9-14H2,1-2H3,(H,24,26). The average Bonchev–Trinajstić information content (AvgIpc) is 3.16. The van der Waals surface area contributed by atoms with E-state index in [4.69, 9.17) is 9.47 Å². The Bertz CT molecular complexity index is 1130. The lowest BCUT2D eigenvalue weighted by Crippen LogP contribution is -2.40. The van der Waals surface area contributed by atoms with Gasteiger partial charge in [0.15, 0.2) is 0 Å². The van der Waals surface area contributed by atoms with Gasteiger partial charge in [-0.05, 0) is 61.9 Å². The molecular weight excluding hydrogens is 464 g/mol. The van der Waals surface area contributed by atoms with E-state index in [1.165, 1.54) is 39.9 Å². The van der Waals surface area contributed by atoms with E-state index in [1.54, 1.807) is 6.92 Å². The summed E-state index contributed by atoms with van der Waals surface area (Å²) in [4.78, 5) is 26.9. The van der Waals surface area contributed by atoms with E-state index in [9.17, 15) is 18.0 Å². The lowest BCUT2D eigenvalue weighted by Gasteiger charge is -2.26. The van der Waals surface area contributed by atoms with Crippen LogP contribution in [0.5, 0.6) is 0 Å². The number of hydrogen-bond donors (Lipinski definition) is 1. The molecule has 1 unspecified atom stereocenters. The summed E-state index contributed by atoms with van der Waals surface area (Å²) in [5, 5.41) is 3.35. The maximum atomic E-state index is 13.0. The molecule has 2 aromatic rings. The zero-order valence-corrected chi connectivity index (χ0v) is 20.4. The summed E-state index contributed by atoms with van der Waals surface area (Å²) in [6.45, 7) is 5.54. The van der Waals surface area contributed by atoms with Crippen molar-refractivity contribution in [2.24, 2.45) is 5.92 Å². The second kappa shape index (κ2) is 9.92. The summed E-state index contributed by atoms with van der Waals surface area (Å²) in [5.74, 6) is -0.301. The van der Waals surface area contributed by atoms with Gasteiger partial charge in [-0.3, -0.25) is 4.79 Å². The number of esters is 1. The number of nitrogens with zero attached hydrogens (tertiary/aromatic N) is 1. The molecule has 4 rings (SSSR count). The van der Waals surface area contributed by atoms with Gasteiger partial charge >= 0.3 is 5.97 Å². The fourth-order valence-electron chi connectivity index (χ4n) is 4.15. The maximum Gasteiger partial charge on any atom is 0.341 e. The third kappa shape index (κ3) is 4.98. The van der Waals surface area contributed by atoms with Crippen molar-refractivity contribution in [1.82, 2.24) is 4.31 Å². The molecule has 0 saturated carbocycles. The molecular formula is C23H28N2O6S2. The summed E-state index contributed by atoms with van der Waals surface area (Å²) in [7, 11) is -3.63. The molecule has 178 valence electrons. The molecule has 1 saturated heterocycles. The first-order chi connectivity index (χ1) is 15.8. The van der Waals surface area contributed by atoms with Crippen LogP contribution in [-0.4, -0.2) is 57.5 Å². The zero-order chi connectivity index (χ0) is 23.6. The lowest BCUT2D eigenvalue weighted by molar-refractivity contribution is 0.0526. The minimum absolute atomic E-state index is 0.133. The normalized spacial score (nSPS) is 19.0. The fraction of sp³-hybridized carbons (Fsp3) is 0.478. The van der Waals surface area contributed by atoms with Crippen LogP contribution in [0.2, 0.25) is 0 Å². The van der Waals surface area contributed by atoms with E-state index < -0.39 is 21.9 Å². The molecule has 0 bridgehead atoms. The zero-order valence-electron chi connectivity index (χ0n) is 18.8. The highest BCUT2D eigenvalue weighted by molar-refractivity contribution is 7.89. The molecule has 33 heavy (non-hydrogen) atoms. The van der Waals surface area contributed by atoms with Gasteiger partial charge < -0.3 is 14.8 Å². The van der Waals surface area contributed by atoms with Crippen molar-refractivity contribution >= 4 is 38.2 Å². The Labute approximate surface area is 197 Å². The van der Waals surface area contributed by atoms with E-state index in [0.717, 1.165) is 29.7 Å². The number of rotatable bonds is 6. The van der Waals surface area contributed by atoms with Gasteiger partial charge in [0.05, 0.1) is 30.3 Å². The van der Waals surface area contributed by atoms with Gasteiger partial charge in [0, 0.05) is 23.5 Å². The number of fused-ring (bicyclic) bond motifs is 1. The summed E-state index contributed by atoms with van der Waals surface area (Å²) < 4.78 is 37.5. The van der Waals surface area contributed by atoms with Crippen molar-refractivity contribution in [2.75, 3.05) is 38.2 Å². The number of hydrogen-bond acceptors (Lipinski definition) is 7. The van der Waals surface area contributed by atoms with E-state index in [1.807, 2.05) is 0 Å². The maximum absolute atomic E-state index is 13.0. The minimum Gasteiger partial charge on any atom is -0.462 e. The van der Waals surface area contributed by atoms with Crippen LogP contribution in [0, 0.1) is 5.92 Å². The first kappa shape index (κ1) is 23.9. The van der Waals surface area contributed by atoms with Crippen LogP contribution in [0.4, 0.5) is 5.00 Å². The highest BCUT2D eigenvalue weighted by atomic mass is 32.2. The van der Waals surface area contributed by atoms with Gasteiger partial charge in [-0.1, -0.05) is 6.92 Å². The van der Waals surface area contributed by atoms with Crippen molar-refractivity contribution in [1.29, 1.82) is 0 Å². The van der Waals surface area contributed by atoms with Gasteiger partial charge in [-0.15, -0.1) is 11.3 Å². The topological polar surface area (TPSA) is 102 Å². The number of thiophene rings is 1. The molecule has 1 aliphatic carbocycles. The number of carbonyl (C=O) groups excluding carboxylic acids is 2. The Hall–Kier alpha value is -2.27. The number of amides is 1. The van der Waals surface area contributed by atoms with Crippen LogP contribution in [0.1, 0.15) is 51.4 Å². The first-order valence-electron chi connectivity index (χ1n) is 11.1. The van der Waals surface area contributed by atoms with Crippen LogP contribution in [0.25, 0.3) is 0 Å². The first-order valence-corrected chi connectivity index (χ1v) is 13.4. The molecule has 8 nitrogen and oxygen atoms in total. The van der Waals surface area contributed by atoms with E-state index in [0.29, 0.717) is 48.3 Å². The molecule has 1 amide bonds. The van der Waals surface area contributed by atoms with Crippen LogP contribution >= 0.6 is 11.3 Å². The Kier molecular flexibility index (Phi) is 7.18. The van der Waals surface area contributed by atoms with Crippen LogP contribution in [0.15, 0.2) is 29.2 Å². The van der Waals surface area contributed by atoms with Gasteiger partial charge in [0.2, 0.25) is 10.0 Å². The second-order valence-corrected chi connectivity index (χ2v) is 11.3. The van der Waals surface area contributed by atoms with E-state index in [2.05, 4.69) is 12.2 Å². The molecule has 0 spiro atoms. The SMILES string of the molecule is CCOC(=O)c1c(NC(=O)c2ccc(S(=O)(=O)N3CCOCC3)cc2)sc2c1CCC(C)C2. The Morgan fingerprint density at radius 3 is 2.58 bits per heavy atom. The highest BCUT2D eigenvalue weighted by Gasteiger charge is 2.30. The minimum atomic E-state index is -3.63. The third-order valence-corrected chi connectivity index (χ3v) is 9.03. The molecule has 1 aromatic carbocycles. The molecule has 2 aliphatic rings. The molecule has 1 fully saturated rings. The lowest BCUT2D eigenvalue weighted by atomic mass is 9.88. The summed E-state index contributed by atoms with van der Waals surface area (Å²) >= 11 is 1.42. The van der Waals surface area contributed by atoms with Gasteiger partial charge in [-0.25, -0.2) is 13.2 Å². The van der Waals surface area contributed by atoms with Crippen molar-refractivity contribution in [3.8, 4) is 0 Å². The summed E-state index contributed by atoms with van der Waals surface area (Å²) in [6.07, 6.45) is 2.64. The third-order valence-electron chi connectivity index (χ3n) is 5.94. The second-order valence-electron chi connectivity index (χ2n) is 8.27. The van der Waals surface area contributed by atoms with Crippen LogP contribution < -0.4 is 5.32 Å². The van der Waals surface area contributed by atoms with Crippen LogP contribution in [0.3, 0.4) is 0 Å². The van der Waals surface area contributed by atoms with Crippen molar-refractivity contribution in [3.05, 3.63) is 45.8 Å². The van der Waals surface area contributed by atoms with E-state index >= 15 is 0 Å². The summed E-state index contributed by atoms with van der Waals surface area (Å²) in [5.41, 5.74) is 1.73. The smallest absolute Gasteiger partial charge is 0.341 e. The predicted octanol–water partition coefficient (Wildman–Crippen LogP) is 3.32. The Morgan fingerprint density at radius 2 is 1.91 bits per heavy atom. The predicted molar refractivity (Wildman–Crippen MR) is 125 cm³/mol. The molecule has 0 radical (unpaired) electrons.